The third kappa shape index (κ3) is 3.12. The molecule has 1 fully saturated rings. The van der Waals surface area contributed by atoms with Crippen LogP contribution in [0.3, 0.4) is 0 Å². The second-order valence-corrected chi connectivity index (χ2v) is 5.44. The van der Waals surface area contributed by atoms with Crippen molar-refractivity contribution in [2.45, 2.75) is 45.7 Å². The average Bonchev–Trinajstić information content (AvgIpc) is 2.69. The Hall–Kier alpha value is -0.870. The molecule has 18 heavy (non-hydrogen) atoms. The molecule has 0 amide bonds. The maximum Gasteiger partial charge on any atom is 0.0641 e. The van der Waals surface area contributed by atoms with Crippen molar-refractivity contribution in [2.75, 3.05) is 19.6 Å². The van der Waals surface area contributed by atoms with Gasteiger partial charge in [-0.2, -0.15) is 5.10 Å². The third-order valence-corrected chi connectivity index (χ3v) is 4.04. The number of nitrogens with zero attached hydrogens (tertiary/aromatic N) is 3. The van der Waals surface area contributed by atoms with Gasteiger partial charge in [0, 0.05) is 30.9 Å². The summed E-state index contributed by atoms with van der Waals surface area (Å²) in [5.74, 6) is 0. The van der Waals surface area contributed by atoms with Gasteiger partial charge in [0.15, 0.2) is 0 Å². The smallest absolute Gasteiger partial charge is 0.0641 e. The van der Waals surface area contributed by atoms with Crippen molar-refractivity contribution < 1.29 is 0 Å². The summed E-state index contributed by atoms with van der Waals surface area (Å²) >= 11 is 0. The number of aromatic nitrogens is 2. The predicted octanol–water partition coefficient (Wildman–Crippen LogP) is 1.86. The summed E-state index contributed by atoms with van der Waals surface area (Å²) in [5.41, 5.74) is 2.47. The molecule has 1 aromatic rings. The minimum absolute atomic E-state index is 0.400. The van der Waals surface area contributed by atoms with E-state index in [1.54, 1.807) is 0 Å². The highest BCUT2D eigenvalue weighted by Gasteiger charge is 2.21. The van der Waals surface area contributed by atoms with Crippen LogP contribution in [0.4, 0.5) is 0 Å². The van der Waals surface area contributed by atoms with Crippen molar-refractivity contribution >= 4 is 0 Å². The number of hydrogen-bond donors (Lipinski definition) is 1. The maximum atomic E-state index is 4.42. The van der Waals surface area contributed by atoms with E-state index in [0.717, 1.165) is 5.69 Å². The maximum absolute atomic E-state index is 4.42. The van der Waals surface area contributed by atoms with E-state index in [-0.39, 0.29) is 0 Å². The van der Waals surface area contributed by atoms with Crippen molar-refractivity contribution in [3.8, 4) is 0 Å². The fraction of sp³-hybridized carbons (Fsp3) is 0.786. The zero-order valence-corrected chi connectivity index (χ0v) is 12.1. The van der Waals surface area contributed by atoms with Gasteiger partial charge in [0.2, 0.25) is 0 Å². The van der Waals surface area contributed by atoms with Crippen LogP contribution < -0.4 is 5.32 Å². The van der Waals surface area contributed by atoms with E-state index in [2.05, 4.69) is 42.3 Å². The van der Waals surface area contributed by atoms with E-state index in [1.807, 2.05) is 11.7 Å². The molecular formula is C14H26N4. The molecule has 1 aliphatic rings. The zero-order chi connectivity index (χ0) is 13.1. The lowest BCUT2D eigenvalue weighted by molar-refractivity contribution is 0.200. The summed E-state index contributed by atoms with van der Waals surface area (Å²) in [5, 5.41) is 8.17. The molecule has 4 nitrogen and oxygen atoms in total. The number of likely N-dealkylation sites (tertiary alicyclic amines) is 1. The van der Waals surface area contributed by atoms with E-state index >= 15 is 0 Å². The number of nitrogens with one attached hydrogen (secondary N) is 1. The van der Waals surface area contributed by atoms with Gasteiger partial charge in [-0.15, -0.1) is 0 Å². The molecule has 1 N–H and O–H groups in total. The SMILES string of the molecule is CCN1CCC(NC(C)c2cn(C)nc2C)CC1. The van der Waals surface area contributed by atoms with Crippen LogP contribution in [0.15, 0.2) is 6.20 Å². The van der Waals surface area contributed by atoms with Crippen molar-refractivity contribution in [3.05, 3.63) is 17.5 Å². The summed E-state index contributed by atoms with van der Waals surface area (Å²) in [6.07, 6.45) is 4.66. The molecule has 0 spiro atoms. The van der Waals surface area contributed by atoms with Crippen LogP contribution in [0, 0.1) is 6.92 Å². The van der Waals surface area contributed by atoms with Gasteiger partial charge in [0.05, 0.1) is 5.69 Å². The average molecular weight is 250 g/mol. The van der Waals surface area contributed by atoms with E-state index in [0.29, 0.717) is 12.1 Å². The third-order valence-electron chi connectivity index (χ3n) is 4.04. The Bertz CT molecular complexity index is 377. The molecule has 1 aromatic heterocycles. The Balaban J connectivity index is 1.88. The molecule has 1 aliphatic heterocycles. The van der Waals surface area contributed by atoms with Crippen LogP contribution in [0.1, 0.15) is 44.0 Å². The summed E-state index contributed by atoms with van der Waals surface area (Å²) in [7, 11) is 1.99. The zero-order valence-electron chi connectivity index (χ0n) is 12.1. The molecule has 2 rings (SSSR count). The lowest BCUT2D eigenvalue weighted by atomic mass is 10.0. The second-order valence-electron chi connectivity index (χ2n) is 5.44. The Kier molecular flexibility index (Phi) is 4.40. The normalized spacial score (nSPS) is 20.2. The highest BCUT2D eigenvalue weighted by molar-refractivity contribution is 5.19. The van der Waals surface area contributed by atoms with Crippen molar-refractivity contribution in [1.82, 2.24) is 20.0 Å². The van der Waals surface area contributed by atoms with Crippen LogP contribution in [0.5, 0.6) is 0 Å². The number of rotatable bonds is 4. The summed E-state index contributed by atoms with van der Waals surface area (Å²) in [6.45, 7) is 10.2. The molecule has 102 valence electrons. The molecule has 0 radical (unpaired) electrons. The van der Waals surface area contributed by atoms with Gasteiger partial charge in [-0.3, -0.25) is 4.68 Å². The number of piperidine rings is 1. The molecule has 0 saturated carbocycles. The first-order valence-corrected chi connectivity index (χ1v) is 7.08. The van der Waals surface area contributed by atoms with Crippen LogP contribution in [0.2, 0.25) is 0 Å². The molecule has 0 bridgehead atoms. The van der Waals surface area contributed by atoms with E-state index in [1.165, 1.54) is 38.0 Å². The second kappa shape index (κ2) is 5.85. The van der Waals surface area contributed by atoms with Crippen LogP contribution in [0.25, 0.3) is 0 Å². The molecule has 1 saturated heterocycles. The predicted molar refractivity (Wildman–Crippen MR) is 74.6 cm³/mol. The molecule has 1 atom stereocenters. The number of aryl methyl sites for hydroxylation is 2. The van der Waals surface area contributed by atoms with E-state index < -0.39 is 0 Å². The standard InChI is InChI=1S/C14H26N4/c1-5-18-8-6-13(7-9-18)15-11(2)14-10-17(4)16-12(14)3/h10-11,13,15H,5-9H2,1-4H3. The lowest BCUT2D eigenvalue weighted by Gasteiger charge is -2.33. The first-order chi connectivity index (χ1) is 8.60. The fourth-order valence-electron chi connectivity index (χ4n) is 2.90. The van der Waals surface area contributed by atoms with Gasteiger partial charge in [-0.1, -0.05) is 6.92 Å². The quantitative estimate of drug-likeness (QED) is 0.885. The molecule has 1 unspecified atom stereocenters. The lowest BCUT2D eigenvalue weighted by Crippen LogP contribution is -2.43. The number of hydrogen-bond acceptors (Lipinski definition) is 3. The molecular weight excluding hydrogens is 224 g/mol. The van der Waals surface area contributed by atoms with Crippen molar-refractivity contribution in [2.24, 2.45) is 7.05 Å². The summed E-state index contributed by atoms with van der Waals surface area (Å²) in [4.78, 5) is 2.53. The topological polar surface area (TPSA) is 33.1 Å². The van der Waals surface area contributed by atoms with Gasteiger partial charge < -0.3 is 10.2 Å². The van der Waals surface area contributed by atoms with Gasteiger partial charge in [-0.05, 0) is 46.3 Å². The summed E-state index contributed by atoms with van der Waals surface area (Å²) < 4.78 is 1.91. The van der Waals surface area contributed by atoms with Gasteiger partial charge in [0.1, 0.15) is 0 Å². The largest absolute Gasteiger partial charge is 0.307 e. The van der Waals surface area contributed by atoms with E-state index in [9.17, 15) is 0 Å². The Morgan fingerprint density at radius 2 is 2.11 bits per heavy atom. The summed E-state index contributed by atoms with van der Waals surface area (Å²) in [6, 6.07) is 1.05. The van der Waals surface area contributed by atoms with Gasteiger partial charge in [-0.25, -0.2) is 0 Å². The Labute approximate surface area is 110 Å². The molecule has 0 aromatic carbocycles. The Morgan fingerprint density at radius 1 is 1.44 bits per heavy atom. The van der Waals surface area contributed by atoms with Gasteiger partial charge in [0.25, 0.3) is 0 Å². The minimum Gasteiger partial charge on any atom is -0.307 e. The monoisotopic (exact) mass is 250 g/mol. The Morgan fingerprint density at radius 3 is 2.61 bits per heavy atom. The highest BCUT2D eigenvalue weighted by atomic mass is 15.3. The van der Waals surface area contributed by atoms with Crippen LogP contribution in [-0.2, 0) is 7.05 Å². The van der Waals surface area contributed by atoms with Crippen LogP contribution in [-0.4, -0.2) is 40.4 Å². The van der Waals surface area contributed by atoms with Crippen molar-refractivity contribution in [3.63, 3.8) is 0 Å². The molecule has 2 heterocycles. The molecule has 0 aliphatic carbocycles. The van der Waals surface area contributed by atoms with Gasteiger partial charge >= 0.3 is 0 Å². The highest BCUT2D eigenvalue weighted by Crippen LogP contribution is 2.19. The van der Waals surface area contributed by atoms with Crippen molar-refractivity contribution in [1.29, 1.82) is 0 Å². The van der Waals surface area contributed by atoms with Crippen LogP contribution >= 0.6 is 0 Å². The minimum atomic E-state index is 0.400. The fourth-order valence-corrected chi connectivity index (χ4v) is 2.90. The molecule has 4 heteroatoms. The first kappa shape index (κ1) is 13.6. The first-order valence-electron chi connectivity index (χ1n) is 7.08. The van der Waals surface area contributed by atoms with E-state index in [4.69, 9.17) is 0 Å².